The Bertz CT molecular complexity index is 1230. The van der Waals surface area contributed by atoms with E-state index in [0.717, 1.165) is 0 Å². The second kappa shape index (κ2) is 9.13. The van der Waals surface area contributed by atoms with Gasteiger partial charge in [0.25, 0.3) is 0 Å². The van der Waals surface area contributed by atoms with Crippen LogP contribution in [0.2, 0.25) is 0 Å². The van der Waals surface area contributed by atoms with Crippen molar-refractivity contribution in [1.29, 1.82) is 0 Å². The van der Waals surface area contributed by atoms with E-state index in [-0.39, 0.29) is 28.7 Å². The number of para-hydroxylation sites is 2. The van der Waals surface area contributed by atoms with E-state index in [1.807, 2.05) is 0 Å². The molecule has 4 rings (SSSR count). The molecule has 0 saturated carbocycles. The quantitative estimate of drug-likeness (QED) is 0.269. The minimum atomic E-state index is -4.98. The number of hydrogen-bond donors (Lipinski definition) is 0. The molecule has 2 nitrogen and oxygen atoms in total. The Morgan fingerprint density at radius 2 is 0.971 bits per heavy atom. The van der Waals surface area contributed by atoms with Gasteiger partial charge in [0.15, 0.2) is 0 Å². The first-order valence-corrected chi connectivity index (χ1v) is 9.99. The van der Waals surface area contributed by atoms with Crippen LogP contribution in [0.1, 0.15) is 11.1 Å². The lowest BCUT2D eigenvalue weighted by Gasteiger charge is -2.17. The molecule has 0 bridgehead atoms. The first-order valence-electron chi connectivity index (χ1n) is 9.99. The number of halogens is 6. The van der Waals surface area contributed by atoms with Crippen molar-refractivity contribution in [3.05, 3.63) is 108 Å². The van der Waals surface area contributed by atoms with Crippen LogP contribution in [-0.4, -0.2) is 0 Å². The van der Waals surface area contributed by atoms with Crippen LogP contribution in [0.4, 0.5) is 26.3 Å². The lowest BCUT2D eigenvalue weighted by Crippen LogP contribution is -2.11. The topological polar surface area (TPSA) is 18.5 Å². The van der Waals surface area contributed by atoms with E-state index in [1.165, 1.54) is 18.2 Å². The zero-order chi connectivity index (χ0) is 24.3. The Labute approximate surface area is 191 Å². The van der Waals surface area contributed by atoms with Crippen molar-refractivity contribution in [3.8, 4) is 34.1 Å². The fraction of sp³-hybridized carbons (Fsp3) is 0.0769. The molecule has 0 fully saturated rings. The summed E-state index contributed by atoms with van der Waals surface area (Å²) in [5.74, 6) is 1.10. The Morgan fingerprint density at radius 1 is 0.471 bits per heavy atom. The van der Waals surface area contributed by atoms with Gasteiger partial charge >= 0.3 is 12.4 Å². The average Bonchev–Trinajstić information content (AvgIpc) is 2.80. The average molecular weight is 474 g/mol. The van der Waals surface area contributed by atoms with Gasteiger partial charge in [-0.1, -0.05) is 36.4 Å². The molecule has 0 saturated heterocycles. The molecule has 0 radical (unpaired) electrons. The van der Waals surface area contributed by atoms with E-state index < -0.39 is 23.5 Å². The highest BCUT2D eigenvalue weighted by atomic mass is 19.4. The third-order valence-electron chi connectivity index (χ3n) is 4.80. The molecule has 0 heterocycles. The Balaban J connectivity index is 1.87. The molecule has 0 unspecified atom stereocenters. The maximum atomic E-state index is 13.4. The monoisotopic (exact) mass is 474 g/mol. The summed E-state index contributed by atoms with van der Waals surface area (Å²) in [4.78, 5) is 0. The maximum Gasteiger partial charge on any atom is 0.416 e. The third-order valence-corrected chi connectivity index (χ3v) is 4.80. The fourth-order valence-corrected chi connectivity index (χ4v) is 3.24. The highest BCUT2D eigenvalue weighted by Gasteiger charge is 2.37. The van der Waals surface area contributed by atoms with Crippen LogP contribution in [0, 0.1) is 0 Å². The molecule has 0 aliphatic rings. The zero-order valence-electron chi connectivity index (χ0n) is 17.3. The predicted molar refractivity (Wildman–Crippen MR) is 115 cm³/mol. The number of rotatable bonds is 5. The molecule has 8 heteroatoms. The minimum Gasteiger partial charge on any atom is -0.457 e. The summed E-state index contributed by atoms with van der Waals surface area (Å²) in [6.45, 7) is 0. The van der Waals surface area contributed by atoms with Gasteiger partial charge < -0.3 is 9.47 Å². The van der Waals surface area contributed by atoms with Crippen LogP contribution in [0.5, 0.6) is 23.0 Å². The SMILES string of the molecule is FC(F)(F)c1cc(-c2cc(Oc3ccccc3)ccc2Oc2ccccc2)cc(C(F)(F)F)c1. The number of benzene rings is 4. The molecule has 174 valence electrons. The van der Waals surface area contributed by atoms with Gasteiger partial charge in [-0.25, -0.2) is 0 Å². The van der Waals surface area contributed by atoms with E-state index >= 15 is 0 Å². The van der Waals surface area contributed by atoms with Crippen molar-refractivity contribution >= 4 is 0 Å². The van der Waals surface area contributed by atoms with Gasteiger partial charge in [-0.3, -0.25) is 0 Å². The second-order valence-electron chi connectivity index (χ2n) is 7.28. The standard InChI is InChI=1S/C26H16F6O2/c27-25(28,29)18-13-17(14-19(15-18)26(30,31)32)23-16-22(33-20-7-3-1-4-8-20)11-12-24(23)34-21-9-5-2-6-10-21/h1-16H. The van der Waals surface area contributed by atoms with Crippen LogP contribution < -0.4 is 9.47 Å². The van der Waals surface area contributed by atoms with Crippen LogP contribution in [0.3, 0.4) is 0 Å². The van der Waals surface area contributed by atoms with Gasteiger partial charge in [0.1, 0.15) is 23.0 Å². The summed E-state index contributed by atoms with van der Waals surface area (Å²) < 4.78 is 92.2. The van der Waals surface area contributed by atoms with Crippen molar-refractivity contribution in [1.82, 2.24) is 0 Å². The summed E-state index contributed by atoms with van der Waals surface area (Å²) >= 11 is 0. The summed E-state index contributed by atoms with van der Waals surface area (Å²) in [7, 11) is 0. The van der Waals surface area contributed by atoms with Crippen LogP contribution >= 0.6 is 0 Å². The summed E-state index contributed by atoms with van der Waals surface area (Å²) in [6, 6.07) is 22.6. The lowest BCUT2D eigenvalue weighted by molar-refractivity contribution is -0.143. The Morgan fingerprint density at radius 3 is 1.47 bits per heavy atom. The van der Waals surface area contributed by atoms with Gasteiger partial charge in [0.2, 0.25) is 0 Å². The maximum absolute atomic E-state index is 13.4. The summed E-state index contributed by atoms with van der Waals surface area (Å²) in [6.07, 6.45) is -9.96. The first kappa shape index (κ1) is 23.2. The molecule has 0 aliphatic heterocycles. The Kier molecular flexibility index (Phi) is 6.24. The molecule has 34 heavy (non-hydrogen) atoms. The third kappa shape index (κ3) is 5.51. The van der Waals surface area contributed by atoms with Crippen molar-refractivity contribution in [2.45, 2.75) is 12.4 Å². The molecular formula is C26H16F6O2. The minimum absolute atomic E-state index is 0.00823. The van der Waals surface area contributed by atoms with E-state index in [1.54, 1.807) is 60.7 Å². The molecule has 0 N–H and O–H groups in total. The molecule has 4 aromatic carbocycles. The van der Waals surface area contributed by atoms with Gasteiger partial charge in [-0.05, 0) is 66.2 Å². The number of hydrogen-bond acceptors (Lipinski definition) is 2. The van der Waals surface area contributed by atoms with E-state index in [4.69, 9.17) is 9.47 Å². The van der Waals surface area contributed by atoms with Crippen LogP contribution in [-0.2, 0) is 12.4 Å². The van der Waals surface area contributed by atoms with Crippen molar-refractivity contribution in [2.75, 3.05) is 0 Å². The predicted octanol–water partition coefficient (Wildman–Crippen LogP) is 8.98. The summed E-state index contributed by atoms with van der Waals surface area (Å²) in [5, 5.41) is 0. The highest BCUT2D eigenvalue weighted by Crippen LogP contribution is 2.43. The molecular weight excluding hydrogens is 458 g/mol. The number of alkyl halides is 6. The van der Waals surface area contributed by atoms with E-state index in [2.05, 4.69) is 0 Å². The van der Waals surface area contributed by atoms with Gasteiger partial charge in [-0.2, -0.15) is 26.3 Å². The first-order chi connectivity index (χ1) is 16.1. The highest BCUT2D eigenvalue weighted by molar-refractivity contribution is 5.74. The van der Waals surface area contributed by atoms with Crippen LogP contribution in [0.15, 0.2) is 97.1 Å². The van der Waals surface area contributed by atoms with Crippen LogP contribution in [0.25, 0.3) is 11.1 Å². The molecule has 4 aromatic rings. The smallest absolute Gasteiger partial charge is 0.416 e. The largest absolute Gasteiger partial charge is 0.457 e. The fourth-order valence-electron chi connectivity index (χ4n) is 3.24. The van der Waals surface area contributed by atoms with Crippen molar-refractivity contribution < 1.29 is 35.8 Å². The lowest BCUT2D eigenvalue weighted by atomic mass is 9.98. The van der Waals surface area contributed by atoms with Gasteiger partial charge in [-0.15, -0.1) is 0 Å². The Hall–Kier alpha value is -3.94. The van der Waals surface area contributed by atoms with E-state index in [9.17, 15) is 26.3 Å². The molecule has 0 spiro atoms. The number of ether oxygens (including phenoxy) is 2. The molecule has 0 amide bonds. The van der Waals surface area contributed by atoms with E-state index in [0.29, 0.717) is 23.6 Å². The summed E-state index contributed by atoms with van der Waals surface area (Å²) in [5.41, 5.74) is -3.14. The zero-order valence-corrected chi connectivity index (χ0v) is 17.3. The second-order valence-corrected chi connectivity index (χ2v) is 7.28. The molecule has 0 aliphatic carbocycles. The molecule has 0 aromatic heterocycles. The van der Waals surface area contributed by atoms with Gasteiger partial charge in [0.05, 0.1) is 11.1 Å². The normalized spacial score (nSPS) is 11.8. The van der Waals surface area contributed by atoms with Crippen molar-refractivity contribution in [3.63, 3.8) is 0 Å². The van der Waals surface area contributed by atoms with Crippen molar-refractivity contribution in [2.24, 2.45) is 0 Å². The molecule has 0 atom stereocenters. The van der Waals surface area contributed by atoms with Gasteiger partial charge in [0, 0.05) is 5.56 Å².